The lowest BCUT2D eigenvalue weighted by atomic mass is 9.99. The molecule has 0 aromatic rings. The Morgan fingerprint density at radius 2 is 2.21 bits per heavy atom. The third-order valence-corrected chi connectivity index (χ3v) is 2.86. The molecule has 1 heterocycles. The van der Waals surface area contributed by atoms with Gasteiger partial charge < -0.3 is 10.0 Å². The molecule has 1 aliphatic heterocycles. The Bertz CT molecular complexity index is 237. The van der Waals surface area contributed by atoms with Gasteiger partial charge in [-0.2, -0.15) is 0 Å². The molecule has 0 aromatic carbocycles. The Labute approximate surface area is 85.4 Å². The fourth-order valence-electron chi connectivity index (χ4n) is 1.92. The molecule has 0 saturated carbocycles. The Balaban J connectivity index is 2.38. The van der Waals surface area contributed by atoms with Crippen LogP contribution in [0.5, 0.6) is 0 Å². The maximum atomic E-state index is 10.9. The normalized spacial score (nSPS) is 27.9. The zero-order chi connectivity index (χ0) is 10.7. The molecule has 0 radical (unpaired) electrons. The predicted molar refractivity (Wildman–Crippen MR) is 56.2 cm³/mol. The van der Waals surface area contributed by atoms with Gasteiger partial charge in [0.1, 0.15) is 0 Å². The molecule has 1 aliphatic rings. The maximum absolute atomic E-state index is 10.9. The van der Waals surface area contributed by atoms with Gasteiger partial charge in [0.25, 0.3) is 0 Å². The van der Waals surface area contributed by atoms with Crippen LogP contribution in [0.15, 0.2) is 12.2 Å². The average Bonchev–Trinajstić information content (AvgIpc) is 2.43. The molecule has 2 atom stereocenters. The smallest absolute Gasteiger partial charge is 0.308 e. The summed E-state index contributed by atoms with van der Waals surface area (Å²) in [6.07, 6.45) is 0.971. The molecule has 1 saturated heterocycles. The van der Waals surface area contributed by atoms with E-state index in [1.165, 1.54) is 0 Å². The number of carboxylic acid groups (broad SMARTS) is 1. The van der Waals surface area contributed by atoms with E-state index in [-0.39, 0.29) is 11.8 Å². The summed E-state index contributed by atoms with van der Waals surface area (Å²) < 4.78 is 0. The van der Waals surface area contributed by atoms with Crippen molar-refractivity contribution in [2.45, 2.75) is 20.3 Å². The van der Waals surface area contributed by atoms with Crippen LogP contribution in [-0.2, 0) is 4.79 Å². The van der Waals surface area contributed by atoms with Crippen LogP contribution in [0.2, 0.25) is 0 Å². The summed E-state index contributed by atoms with van der Waals surface area (Å²) >= 11 is 0. The van der Waals surface area contributed by atoms with E-state index in [4.69, 9.17) is 5.11 Å². The van der Waals surface area contributed by atoms with Gasteiger partial charge in [-0.25, -0.2) is 0 Å². The first kappa shape index (κ1) is 11.2. The highest BCUT2D eigenvalue weighted by molar-refractivity contribution is 5.71. The lowest BCUT2D eigenvalue weighted by Gasteiger charge is -2.14. The minimum absolute atomic E-state index is 0.180. The third kappa shape index (κ3) is 2.84. The van der Waals surface area contributed by atoms with Crippen molar-refractivity contribution >= 4 is 5.97 Å². The third-order valence-electron chi connectivity index (χ3n) is 2.86. The largest absolute Gasteiger partial charge is 0.481 e. The van der Waals surface area contributed by atoms with Crippen molar-refractivity contribution in [1.82, 2.24) is 4.90 Å². The van der Waals surface area contributed by atoms with Gasteiger partial charge in [-0.15, -0.1) is 6.58 Å². The number of nitrogens with zero attached hydrogens (tertiary/aromatic N) is 1. The minimum atomic E-state index is -0.657. The van der Waals surface area contributed by atoms with Gasteiger partial charge in [-0.05, 0) is 19.3 Å². The molecule has 0 spiro atoms. The summed E-state index contributed by atoms with van der Waals surface area (Å²) in [5.41, 5.74) is 1.16. The molecule has 1 rings (SSSR count). The number of carbonyl (C=O) groups is 1. The Morgan fingerprint density at radius 1 is 1.57 bits per heavy atom. The molecule has 3 heteroatoms. The van der Waals surface area contributed by atoms with Gasteiger partial charge in [0.2, 0.25) is 0 Å². The predicted octanol–water partition coefficient (Wildman–Crippen LogP) is 1.61. The maximum Gasteiger partial charge on any atom is 0.308 e. The second-order valence-corrected chi connectivity index (χ2v) is 4.39. The van der Waals surface area contributed by atoms with Crippen LogP contribution in [0.4, 0.5) is 0 Å². The van der Waals surface area contributed by atoms with Gasteiger partial charge in [0, 0.05) is 19.6 Å². The highest BCUT2D eigenvalue weighted by Crippen LogP contribution is 2.23. The van der Waals surface area contributed by atoms with Crippen LogP contribution in [0.3, 0.4) is 0 Å². The first-order valence-electron chi connectivity index (χ1n) is 5.10. The summed E-state index contributed by atoms with van der Waals surface area (Å²) in [6, 6.07) is 0. The van der Waals surface area contributed by atoms with Crippen LogP contribution in [-0.4, -0.2) is 35.6 Å². The molecule has 14 heavy (non-hydrogen) atoms. The van der Waals surface area contributed by atoms with Crippen LogP contribution in [0.25, 0.3) is 0 Å². The van der Waals surface area contributed by atoms with Gasteiger partial charge in [-0.1, -0.05) is 12.5 Å². The first-order chi connectivity index (χ1) is 6.50. The van der Waals surface area contributed by atoms with Gasteiger partial charge in [0.05, 0.1) is 5.92 Å². The fraction of sp³-hybridized carbons (Fsp3) is 0.727. The molecule has 2 unspecified atom stereocenters. The first-order valence-corrected chi connectivity index (χ1v) is 5.10. The number of carboxylic acids is 1. The zero-order valence-electron chi connectivity index (χ0n) is 8.99. The topological polar surface area (TPSA) is 40.5 Å². The lowest BCUT2D eigenvalue weighted by molar-refractivity contribution is -0.142. The van der Waals surface area contributed by atoms with E-state index in [1.807, 2.05) is 13.8 Å². The quantitative estimate of drug-likeness (QED) is 0.696. The van der Waals surface area contributed by atoms with E-state index in [2.05, 4.69) is 11.5 Å². The molecule has 0 amide bonds. The molecule has 0 aliphatic carbocycles. The second kappa shape index (κ2) is 4.60. The van der Waals surface area contributed by atoms with Crippen molar-refractivity contribution in [2.75, 3.05) is 19.6 Å². The van der Waals surface area contributed by atoms with E-state index >= 15 is 0 Å². The van der Waals surface area contributed by atoms with Crippen molar-refractivity contribution in [1.29, 1.82) is 0 Å². The summed E-state index contributed by atoms with van der Waals surface area (Å²) in [5.74, 6) is -0.562. The van der Waals surface area contributed by atoms with Crippen molar-refractivity contribution in [3.63, 3.8) is 0 Å². The van der Waals surface area contributed by atoms with E-state index in [0.29, 0.717) is 6.54 Å². The van der Waals surface area contributed by atoms with Crippen LogP contribution in [0, 0.1) is 11.8 Å². The van der Waals surface area contributed by atoms with Crippen LogP contribution >= 0.6 is 0 Å². The number of hydrogen-bond donors (Lipinski definition) is 1. The lowest BCUT2D eigenvalue weighted by Crippen LogP contribution is -2.24. The molecular weight excluding hydrogens is 178 g/mol. The average molecular weight is 197 g/mol. The number of rotatable bonds is 4. The molecule has 1 N–H and O–H groups in total. The van der Waals surface area contributed by atoms with Gasteiger partial charge in [-0.3, -0.25) is 4.79 Å². The Morgan fingerprint density at radius 3 is 2.64 bits per heavy atom. The molecular formula is C11H19NO2. The number of aliphatic carboxylic acids is 1. The SMILES string of the molecule is C=C(C)CCN1CC(C)C(C(=O)O)C1. The summed E-state index contributed by atoms with van der Waals surface area (Å²) in [4.78, 5) is 13.1. The highest BCUT2D eigenvalue weighted by Gasteiger charge is 2.34. The van der Waals surface area contributed by atoms with Crippen LogP contribution in [0.1, 0.15) is 20.3 Å². The molecule has 1 fully saturated rings. The summed E-state index contributed by atoms with van der Waals surface area (Å²) in [6.45, 7) is 10.4. The van der Waals surface area contributed by atoms with Crippen molar-refractivity contribution in [3.8, 4) is 0 Å². The second-order valence-electron chi connectivity index (χ2n) is 4.39. The van der Waals surface area contributed by atoms with Gasteiger partial charge >= 0.3 is 5.97 Å². The van der Waals surface area contributed by atoms with Crippen molar-refractivity contribution in [2.24, 2.45) is 11.8 Å². The molecule has 80 valence electrons. The summed E-state index contributed by atoms with van der Waals surface area (Å²) in [7, 11) is 0. The fourth-order valence-corrected chi connectivity index (χ4v) is 1.92. The molecule has 0 bridgehead atoms. The monoisotopic (exact) mass is 197 g/mol. The van der Waals surface area contributed by atoms with E-state index in [0.717, 1.165) is 25.1 Å². The van der Waals surface area contributed by atoms with Crippen molar-refractivity contribution < 1.29 is 9.90 Å². The number of hydrogen-bond acceptors (Lipinski definition) is 2. The highest BCUT2D eigenvalue weighted by atomic mass is 16.4. The van der Waals surface area contributed by atoms with E-state index in [1.54, 1.807) is 0 Å². The van der Waals surface area contributed by atoms with E-state index in [9.17, 15) is 4.79 Å². The Hall–Kier alpha value is -0.830. The summed E-state index contributed by atoms with van der Waals surface area (Å²) in [5, 5.41) is 8.93. The number of likely N-dealkylation sites (tertiary alicyclic amines) is 1. The zero-order valence-corrected chi connectivity index (χ0v) is 8.99. The van der Waals surface area contributed by atoms with Crippen LogP contribution < -0.4 is 0 Å². The van der Waals surface area contributed by atoms with Gasteiger partial charge in [0.15, 0.2) is 0 Å². The van der Waals surface area contributed by atoms with Crippen molar-refractivity contribution in [3.05, 3.63) is 12.2 Å². The standard InChI is InChI=1S/C11H19NO2/c1-8(2)4-5-12-6-9(3)10(7-12)11(13)14/h9-10H,1,4-7H2,2-3H3,(H,13,14). The minimum Gasteiger partial charge on any atom is -0.481 e. The van der Waals surface area contributed by atoms with E-state index < -0.39 is 5.97 Å². The Kier molecular flexibility index (Phi) is 3.69. The molecule has 0 aromatic heterocycles. The molecule has 3 nitrogen and oxygen atoms in total.